The number of carbonyl (C=O) groups excluding carboxylic acids is 1. The SMILES string of the molecule is N#CCC(=O)C1CCS(=O)(=O)C1. The first-order chi connectivity index (χ1) is 5.55. The highest BCUT2D eigenvalue weighted by molar-refractivity contribution is 7.91. The highest BCUT2D eigenvalue weighted by atomic mass is 32.2. The van der Waals surface area contributed by atoms with Gasteiger partial charge in [-0.15, -0.1) is 0 Å². The number of hydrogen-bond acceptors (Lipinski definition) is 4. The van der Waals surface area contributed by atoms with E-state index in [-0.39, 0.29) is 23.7 Å². The van der Waals surface area contributed by atoms with Gasteiger partial charge >= 0.3 is 0 Å². The van der Waals surface area contributed by atoms with E-state index in [1.165, 1.54) is 0 Å². The van der Waals surface area contributed by atoms with Crippen molar-refractivity contribution < 1.29 is 13.2 Å². The fourth-order valence-electron chi connectivity index (χ4n) is 1.27. The van der Waals surface area contributed by atoms with Crippen LogP contribution in [0.15, 0.2) is 0 Å². The number of ketones is 1. The van der Waals surface area contributed by atoms with E-state index in [2.05, 4.69) is 0 Å². The number of rotatable bonds is 2. The Hall–Kier alpha value is -0.890. The van der Waals surface area contributed by atoms with Gasteiger partial charge in [-0.25, -0.2) is 8.42 Å². The first kappa shape index (κ1) is 9.20. The third-order valence-corrected chi connectivity index (χ3v) is 3.71. The fourth-order valence-corrected chi connectivity index (χ4v) is 3.05. The van der Waals surface area contributed by atoms with Gasteiger partial charge in [0.2, 0.25) is 0 Å². The molecular formula is C7H9NO3S. The summed E-state index contributed by atoms with van der Waals surface area (Å²) in [4.78, 5) is 11.0. The van der Waals surface area contributed by atoms with E-state index in [9.17, 15) is 13.2 Å². The molecule has 0 spiro atoms. The molecular weight excluding hydrogens is 178 g/mol. The predicted molar refractivity (Wildman–Crippen MR) is 42.0 cm³/mol. The molecule has 0 bridgehead atoms. The first-order valence-electron chi connectivity index (χ1n) is 3.65. The molecule has 0 aromatic heterocycles. The number of carbonyl (C=O) groups is 1. The Morgan fingerprint density at radius 2 is 2.25 bits per heavy atom. The van der Waals surface area contributed by atoms with Crippen molar-refractivity contribution in [1.82, 2.24) is 0 Å². The highest BCUT2D eigenvalue weighted by Gasteiger charge is 2.32. The van der Waals surface area contributed by atoms with Crippen LogP contribution in [0.25, 0.3) is 0 Å². The fraction of sp³-hybridized carbons (Fsp3) is 0.714. The Balaban J connectivity index is 2.60. The van der Waals surface area contributed by atoms with Crippen LogP contribution in [-0.4, -0.2) is 25.7 Å². The summed E-state index contributed by atoms with van der Waals surface area (Å²) >= 11 is 0. The maximum absolute atomic E-state index is 11.0. The Morgan fingerprint density at radius 3 is 2.67 bits per heavy atom. The van der Waals surface area contributed by atoms with Crippen molar-refractivity contribution in [2.45, 2.75) is 12.8 Å². The predicted octanol–water partition coefficient (Wildman–Crippen LogP) is -0.0961. The van der Waals surface area contributed by atoms with Crippen molar-refractivity contribution >= 4 is 15.6 Å². The van der Waals surface area contributed by atoms with Crippen molar-refractivity contribution in [2.75, 3.05) is 11.5 Å². The van der Waals surface area contributed by atoms with Crippen molar-refractivity contribution in [1.29, 1.82) is 5.26 Å². The largest absolute Gasteiger partial charge is 0.298 e. The Kier molecular flexibility index (Phi) is 2.48. The van der Waals surface area contributed by atoms with E-state index in [4.69, 9.17) is 5.26 Å². The van der Waals surface area contributed by atoms with Crippen LogP contribution in [0, 0.1) is 17.2 Å². The van der Waals surface area contributed by atoms with Gasteiger partial charge in [0.25, 0.3) is 0 Å². The summed E-state index contributed by atoms with van der Waals surface area (Å²) in [5, 5.41) is 8.21. The standard InChI is InChI=1S/C7H9NO3S/c8-3-1-7(9)6-2-4-12(10,11)5-6/h6H,1-2,4-5H2. The topological polar surface area (TPSA) is 75.0 Å². The maximum Gasteiger partial charge on any atom is 0.151 e. The molecule has 0 aromatic rings. The van der Waals surface area contributed by atoms with E-state index < -0.39 is 15.8 Å². The van der Waals surface area contributed by atoms with Gasteiger partial charge in [0.1, 0.15) is 0 Å². The van der Waals surface area contributed by atoms with Crippen LogP contribution in [0.1, 0.15) is 12.8 Å². The molecule has 5 heteroatoms. The van der Waals surface area contributed by atoms with Gasteiger partial charge in [-0.05, 0) is 6.42 Å². The van der Waals surface area contributed by atoms with E-state index in [1.807, 2.05) is 0 Å². The zero-order valence-electron chi connectivity index (χ0n) is 6.49. The zero-order valence-corrected chi connectivity index (χ0v) is 7.30. The quantitative estimate of drug-likeness (QED) is 0.605. The van der Waals surface area contributed by atoms with Crippen LogP contribution in [0.4, 0.5) is 0 Å². The van der Waals surface area contributed by atoms with Crippen LogP contribution in [0.3, 0.4) is 0 Å². The van der Waals surface area contributed by atoms with Gasteiger partial charge in [-0.3, -0.25) is 4.79 Å². The van der Waals surface area contributed by atoms with E-state index >= 15 is 0 Å². The molecule has 1 rings (SSSR count). The summed E-state index contributed by atoms with van der Waals surface area (Å²) in [5.74, 6) is -0.629. The molecule has 0 aromatic carbocycles. The summed E-state index contributed by atoms with van der Waals surface area (Å²) in [5.41, 5.74) is 0. The second kappa shape index (κ2) is 3.23. The van der Waals surface area contributed by atoms with Crippen LogP contribution < -0.4 is 0 Å². The summed E-state index contributed by atoms with van der Waals surface area (Å²) in [6.45, 7) is 0. The Bertz CT molecular complexity index is 325. The first-order valence-corrected chi connectivity index (χ1v) is 5.47. The molecule has 1 fully saturated rings. The molecule has 1 saturated heterocycles. The second-order valence-corrected chi connectivity index (χ2v) is 5.13. The smallest absolute Gasteiger partial charge is 0.151 e. The number of nitriles is 1. The number of Topliss-reactive ketones (excluding diaryl/α,β-unsaturated/α-hetero) is 1. The molecule has 1 heterocycles. The van der Waals surface area contributed by atoms with Gasteiger partial charge in [0.05, 0.1) is 24.0 Å². The monoisotopic (exact) mass is 187 g/mol. The summed E-state index contributed by atoms with van der Waals surface area (Å²) in [6.07, 6.45) is 0.225. The number of hydrogen-bond donors (Lipinski definition) is 0. The molecule has 12 heavy (non-hydrogen) atoms. The zero-order chi connectivity index (χ0) is 9.19. The molecule has 1 atom stereocenters. The van der Waals surface area contributed by atoms with Gasteiger partial charge in [-0.1, -0.05) is 0 Å². The molecule has 0 aliphatic carbocycles. The average Bonchev–Trinajstić information content (AvgIpc) is 2.31. The summed E-state index contributed by atoms with van der Waals surface area (Å²) in [6, 6.07) is 1.73. The lowest BCUT2D eigenvalue weighted by molar-refractivity contribution is -0.121. The Morgan fingerprint density at radius 1 is 1.58 bits per heavy atom. The van der Waals surface area contributed by atoms with Gasteiger partial charge < -0.3 is 0 Å². The second-order valence-electron chi connectivity index (χ2n) is 2.90. The lowest BCUT2D eigenvalue weighted by atomic mass is 10.0. The van der Waals surface area contributed by atoms with Crippen LogP contribution in [0.2, 0.25) is 0 Å². The van der Waals surface area contributed by atoms with E-state index in [0.717, 1.165) is 0 Å². The minimum atomic E-state index is -2.99. The molecule has 1 aliphatic rings. The third-order valence-electron chi connectivity index (χ3n) is 1.94. The molecule has 66 valence electrons. The average molecular weight is 187 g/mol. The maximum atomic E-state index is 11.0. The summed E-state index contributed by atoms with van der Waals surface area (Å²) in [7, 11) is -2.99. The molecule has 0 amide bonds. The molecule has 0 radical (unpaired) electrons. The summed E-state index contributed by atoms with van der Waals surface area (Å²) < 4.78 is 21.8. The third kappa shape index (κ3) is 2.05. The van der Waals surface area contributed by atoms with E-state index in [1.54, 1.807) is 6.07 Å². The van der Waals surface area contributed by atoms with Crippen LogP contribution >= 0.6 is 0 Å². The lowest BCUT2D eigenvalue weighted by Gasteiger charge is -2.00. The van der Waals surface area contributed by atoms with E-state index in [0.29, 0.717) is 6.42 Å². The van der Waals surface area contributed by atoms with Crippen molar-refractivity contribution in [2.24, 2.45) is 5.92 Å². The number of nitrogens with zero attached hydrogens (tertiary/aromatic N) is 1. The van der Waals surface area contributed by atoms with Crippen LogP contribution in [0.5, 0.6) is 0 Å². The van der Waals surface area contributed by atoms with Crippen molar-refractivity contribution in [3.8, 4) is 6.07 Å². The Labute approximate surface area is 71.1 Å². The van der Waals surface area contributed by atoms with Gasteiger partial charge in [0.15, 0.2) is 15.6 Å². The normalized spacial score (nSPS) is 26.4. The minimum Gasteiger partial charge on any atom is -0.298 e. The highest BCUT2D eigenvalue weighted by Crippen LogP contribution is 2.19. The molecule has 4 nitrogen and oxygen atoms in total. The van der Waals surface area contributed by atoms with Gasteiger partial charge in [0, 0.05) is 5.92 Å². The minimum absolute atomic E-state index is 0.0620. The lowest BCUT2D eigenvalue weighted by Crippen LogP contribution is -2.14. The van der Waals surface area contributed by atoms with Crippen molar-refractivity contribution in [3.63, 3.8) is 0 Å². The van der Waals surface area contributed by atoms with Gasteiger partial charge in [-0.2, -0.15) is 5.26 Å². The molecule has 0 saturated carbocycles. The molecule has 1 aliphatic heterocycles. The molecule has 1 unspecified atom stereocenters. The van der Waals surface area contributed by atoms with Crippen molar-refractivity contribution in [3.05, 3.63) is 0 Å². The number of sulfone groups is 1. The van der Waals surface area contributed by atoms with Crippen LogP contribution in [-0.2, 0) is 14.6 Å². The molecule has 0 N–H and O–H groups in total.